The highest BCUT2D eigenvalue weighted by Crippen LogP contribution is 2.39. The molecule has 24 heavy (non-hydrogen) atoms. The van der Waals surface area contributed by atoms with Gasteiger partial charge in [0.1, 0.15) is 23.8 Å². The summed E-state index contributed by atoms with van der Waals surface area (Å²) in [6, 6.07) is 3.82. The Morgan fingerprint density at radius 2 is 2.42 bits per heavy atom. The molecule has 0 aliphatic carbocycles. The Bertz CT molecular complexity index is 648. The van der Waals surface area contributed by atoms with Crippen molar-refractivity contribution in [2.24, 2.45) is 5.92 Å². The maximum absolute atomic E-state index is 6.36. The van der Waals surface area contributed by atoms with Crippen molar-refractivity contribution >= 4 is 0 Å². The molecule has 6 heteroatoms. The third-order valence-corrected chi connectivity index (χ3v) is 4.99. The van der Waals surface area contributed by atoms with Crippen molar-refractivity contribution in [3.05, 3.63) is 42.7 Å². The van der Waals surface area contributed by atoms with E-state index >= 15 is 0 Å². The van der Waals surface area contributed by atoms with Crippen LogP contribution in [0.3, 0.4) is 0 Å². The minimum atomic E-state index is -0.216. The van der Waals surface area contributed by atoms with Crippen molar-refractivity contribution in [1.82, 2.24) is 19.9 Å². The van der Waals surface area contributed by atoms with Crippen LogP contribution in [0, 0.1) is 5.92 Å². The number of ether oxygens (including phenoxy) is 2. The lowest BCUT2D eigenvalue weighted by atomic mass is 9.89. The van der Waals surface area contributed by atoms with Crippen molar-refractivity contribution in [3.8, 4) is 5.75 Å². The first-order valence-electron chi connectivity index (χ1n) is 8.61. The molecule has 1 N–H and O–H groups in total. The number of fused-ring (bicyclic) bond motifs is 1. The molecule has 3 atom stereocenters. The van der Waals surface area contributed by atoms with Gasteiger partial charge in [-0.3, -0.25) is 9.88 Å². The number of hydrogen-bond donors (Lipinski definition) is 1. The van der Waals surface area contributed by atoms with Crippen LogP contribution < -0.4 is 4.74 Å². The van der Waals surface area contributed by atoms with E-state index < -0.39 is 0 Å². The van der Waals surface area contributed by atoms with E-state index in [9.17, 15) is 0 Å². The second-order valence-corrected chi connectivity index (χ2v) is 7.11. The number of rotatable bonds is 5. The van der Waals surface area contributed by atoms with Crippen molar-refractivity contribution in [3.63, 3.8) is 0 Å². The molecule has 4 rings (SSSR count). The van der Waals surface area contributed by atoms with Gasteiger partial charge in [-0.05, 0) is 31.9 Å². The fourth-order valence-corrected chi connectivity index (χ4v) is 3.91. The van der Waals surface area contributed by atoms with Crippen LogP contribution in [0.5, 0.6) is 5.75 Å². The number of aromatic nitrogens is 3. The fraction of sp³-hybridized carbons (Fsp3) is 0.556. The Labute approximate surface area is 142 Å². The summed E-state index contributed by atoms with van der Waals surface area (Å²) in [5.41, 5.74) is -0.216. The first kappa shape index (κ1) is 15.6. The molecule has 2 aromatic heterocycles. The molecule has 2 fully saturated rings. The highest BCUT2D eigenvalue weighted by molar-refractivity contribution is 5.15. The van der Waals surface area contributed by atoms with Gasteiger partial charge in [-0.25, -0.2) is 4.98 Å². The number of imidazole rings is 1. The average molecular weight is 328 g/mol. The van der Waals surface area contributed by atoms with E-state index in [4.69, 9.17) is 9.47 Å². The van der Waals surface area contributed by atoms with Crippen LogP contribution >= 0.6 is 0 Å². The third-order valence-electron chi connectivity index (χ3n) is 4.99. The van der Waals surface area contributed by atoms with E-state index in [0.717, 1.165) is 44.0 Å². The number of aromatic amines is 1. The zero-order valence-corrected chi connectivity index (χ0v) is 14.0. The van der Waals surface area contributed by atoms with Gasteiger partial charge >= 0.3 is 0 Å². The number of likely N-dealkylation sites (tertiary alicyclic amines) is 1. The maximum atomic E-state index is 6.36. The van der Waals surface area contributed by atoms with Gasteiger partial charge in [0.05, 0.1) is 18.8 Å². The van der Waals surface area contributed by atoms with E-state index in [1.54, 1.807) is 12.4 Å². The van der Waals surface area contributed by atoms with Gasteiger partial charge in [0.2, 0.25) is 0 Å². The molecule has 0 aromatic carbocycles. The summed E-state index contributed by atoms with van der Waals surface area (Å²) in [6.45, 7) is 5.75. The van der Waals surface area contributed by atoms with Gasteiger partial charge in [0, 0.05) is 37.6 Å². The number of pyridine rings is 1. The minimum absolute atomic E-state index is 0.216. The topological polar surface area (TPSA) is 63.3 Å². The zero-order valence-electron chi connectivity index (χ0n) is 14.0. The summed E-state index contributed by atoms with van der Waals surface area (Å²) in [7, 11) is 0. The number of nitrogens with zero attached hydrogens (tertiary/aromatic N) is 3. The van der Waals surface area contributed by atoms with Crippen LogP contribution in [0.15, 0.2) is 36.9 Å². The lowest BCUT2D eigenvalue weighted by Gasteiger charge is -2.33. The largest absolute Gasteiger partial charge is 0.489 e. The molecule has 2 aromatic rings. The highest BCUT2D eigenvalue weighted by Gasteiger charge is 2.46. The first-order chi connectivity index (χ1) is 11.7. The molecule has 4 heterocycles. The van der Waals surface area contributed by atoms with Gasteiger partial charge < -0.3 is 14.5 Å². The predicted octanol–water partition coefficient (Wildman–Crippen LogP) is 2.25. The van der Waals surface area contributed by atoms with Gasteiger partial charge in [0.25, 0.3) is 0 Å². The summed E-state index contributed by atoms with van der Waals surface area (Å²) in [4.78, 5) is 14.1. The van der Waals surface area contributed by atoms with Crippen LogP contribution in [-0.4, -0.2) is 51.3 Å². The van der Waals surface area contributed by atoms with E-state index in [1.807, 2.05) is 24.5 Å². The van der Waals surface area contributed by atoms with E-state index in [2.05, 4.69) is 26.8 Å². The maximum Gasteiger partial charge on any atom is 0.137 e. The lowest BCUT2D eigenvalue weighted by molar-refractivity contribution is -0.0699. The van der Waals surface area contributed by atoms with Crippen LogP contribution in [0.25, 0.3) is 0 Å². The molecule has 2 aliphatic rings. The average Bonchev–Trinajstić information content (AvgIpc) is 3.21. The second-order valence-electron chi connectivity index (χ2n) is 7.11. The first-order valence-corrected chi connectivity index (χ1v) is 8.61. The van der Waals surface area contributed by atoms with Crippen molar-refractivity contribution in [2.45, 2.75) is 38.0 Å². The molecular formula is C18H24N4O2. The molecular weight excluding hydrogens is 304 g/mol. The predicted molar refractivity (Wildman–Crippen MR) is 89.6 cm³/mol. The molecule has 0 saturated carbocycles. The molecule has 0 amide bonds. The fourth-order valence-electron chi connectivity index (χ4n) is 3.91. The molecule has 2 saturated heterocycles. The van der Waals surface area contributed by atoms with Crippen molar-refractivity contribution in [1.29, 1.82) is 0 Å². The zero-order chi connectivity index (χ0) is 16.4. The van der Waals surface area contributed by atoms with Gasteiger partial charge in [0.15, 0.2) is 0 Å². The minimum Gasteiger partial charge on any atom is -0.489 e. The Hall–Kier alpha value is -1.92. The summed E-state index contributed by atoms with van der Waals surface area (Å²) < 4.78 is 12.3. The Morgan fingerprint density at radius 3 is 3.21 bits per heavy atom. The van der Waals surface area contributed by atoms with E-state index in [0.29, 0.717) is 18.6 Å². The Kier molecular flexibility index (Phi) is 4.24. The number of piperidine rings is 1. The molecule has 0 spiro atoms. The summed E-state index contributed by atoms with van der Waals surface area (Å²) >= 11 is 0. The van der Waals surface area contributed by atoms with Crippen molar-refractivity contribution < 1.29 is 9.47 Å². The molecule has 2 aliphatic heterocycles. The monoisotopic (exact) mass is 328 g/mol. The summed E-state index contributed by atoms with van der Waals surface area (Å²) in [5, 5.41) is 0. The summed E-state index contributed by atoms with van der Waals surface area (Å²) in [6.07, 6.45) is 9.65. The lowest BCUT2D eigenvalue weighted by Crippen LogP contribution is -2.40. The summed E-state index contributed by atoms with van der Waals surface area (Å²) in [5.74, 6) is 2.41. The molecule has 128 valence electrons. The van der Waals surface area contributed by atoms with Gasteiger partial charge in [-0.2, -0.15) is 0 Å². The van der Waals surface area contributed by atoms with Gasteiger partial charge in [-0.1, -0.05) is 0 Å². The number of hydrogen-bond acceptors (Lipinski definition) is 5. The van der Waals surface area contributed by atoms with Gasteiger partial charge in [-0.15, -0.1) is 0 Å². The number of H-pyrrole nitrogens is 1. The van der Waals surface area contributed by atoms with E-state index in [-0.39, 0.29) is 5.60 Å². The molecule has 0 unspecified atom stereocenters. The SMILES string of the molecule is C[C@]1(COc2cccnc2)C[C@@H]2CN(Cc3ncc[nH]3)CC[C@@H]2O1. The third kappa shape index (κ3) is 3.44. The number of nitrogens with one attached hydrogen (secondary N) is 1. The normalized spacial score (nSPS) is 30.2. The highest BCUT2D eigenvalue weighted by atomic mass is 16.6. The Balaban J connectivity index is 1.33. The smallest absolute Gasteiger partial charge is 0.137 e. The van der Waals surface area contributed by atoms with Crippen LogP contribution in [0.2, 0.25) is 0 Å². The standard InChI is InChI=1S/C18H24N4O2/c1-18(13-23-15-3-2-5-19-10-15)9-14-11-22(8-4-16(14)24-18)12-17-20-6-7-21-17/h2-3,5-7,10,14,16H,4,8-9,11-13H2,1H3,(H,20,21)/t14-,16+,18-/m1/s1. The van der Waals surface area contributed by atoms with Crippen LogP contribution in [-0.2, 0) is 11.3 Å². The Morgan fingerprint density at radius 1 is 1.46 bits per heavy atom. The van der Waals surface area contributed by atoms with Crippen LogP contribution in [0.1, 0.15) is 25.6 Å². The van der Waals surface area contributed by atoms with E-state index in [1.165, 1.54) is 0 Å². The second kappa shape index (κ2) is 6.53. The quantitative estimate of drug-likeness (QED) is 0.912. The van der Waals surface area contributed by atoms with Crippen LogP contribution in [0.4, 0.5) is 0 Å². The molecule has 0 radical (unpaired) electrons. The molecule has 0 bridgehead atoms. The van der Waals surface area contributed by atoms with Crippen molar-refractivity contribution in [2.75, 3.05) is 19.7 Å². The molecule has 6 nitrogen and oxygen atoms in total.